The second kappa shape index (κ2) is 4.54. The molecule has 0 saturated heterocycles. The molecule has 1 heterocycles. The van der Waals surface area contributed by atoms with Crippen molar-refractivity contribution in [1.29, 1.82) is 0 Å². The third-order valence-electron chi connectivity index (χ3n) is 1.88. The van der Waals surface area contributed by atoms with Gasteiger partial charge in [-0.3, -0.25) is 4.79 Å². The Morgan fingerprint density at radius 3 is 2.67 bits per heavy atom. The summed E-state index contributed by atoms with van der Waals surface area (Å²) in [4.78, 5) is 12.4. The summed E-state index contributed by atoms with van der Waals surface area (Å²) in [6.45, 7) is 7.78. The normalized spacial score (nSPS) is 10.7. The average molecular weight is 222 g/mol. The first-order valence-corrected chi connectivity index (χ1v) is 5.49. The molecule has 0 radical (unpaired) electrons. The molecule has 1 rings (SSSR count). The van der Waals surface area contributed by atoms with Gasteiger partial charge in [0, 0.05) is 5.41 Å². The van der Waals surface area contributed by atoms with Gasteiger partial charge in [-0.1, -0.05) is 31.2 Å². The first-order chi connectivity index (χ1) is 6.96. The second-order valence-electron chi connectivity index (χ2n) is 4.23. The summed E-state index contributed by atoms with van der Waals surface area (Å²) in [5.41, 5.74) is 0.632. The molecule has 0 saturated carbocycles. The molecule has 80 valence electrons. The molecule has 1 aromatic rings. The van der Waals surface area contributed by atoms with Gasteiger partial charge in [0.1, 0.15) is 4.88 Å². The summed E-state index contributed by atoms with van der Waals surface area (Å²) in [6, 6.07) is 0. The Morgan fingerprint density at radius 1 is 1.47 bits per heavy atom. The molecule has 0 unspecified atom stereocenters. The molecule has 0 aliphatic carbocycles. The molecule has 1 aromatic heterocycles. The summed E-state index contributed by atoms with van der Waals surface area (Å²) < 4.78 is 3.84. The van der Waals surface area contributed by atoms with Crippen LogP contribution in [-0.2, 0) is 5.41 Å². The van der Waals surface area contributed by atoms with Crippen LogP contribution in [0.4, 0.5) is 0 Å². The van der Waals surface area contributed by atoms with Gasteiger partial charge in [0.15, 0.2) is 5.78 Å². The van der Waals surface area contributed by atoms with Gasteiger partial charge in [-0.2, -0.15) is 0 Å². The molecule has 0 fully saturated rings. The number of carbonyl (C=O) groups excluding carboxylic acids is 1. The Morgan fingerprint density at radius 2 is 2.13 bits per heavy atom. The van der Waals surface area contributed by atoms with Gasteiger partial charge in [0.25, 0.3) is 0 Å². The largest absolute Gasteiger partial charge is 0.292 e. The van der Waals surface area contributed by atoms with Crippen molar-refractivity contribution >= 4 is 17.3 Å². The lowest BCUT2D eigenvalue weighted by molar-refractivity contribution is 0.0999. The fraction of sp³-hybridized carbons (Fsp3) is 0.545. The summed E-state index contributed by atoms with van der Waals surface area (Å²) >= 11 is 1.16. The summed E-state index contributed by atoms with van der Waals surface area (Å²) in [7, 11) is 0. The zero-order valence-electron chi connectivity index (χ0n) is 9.42. The molecular formula is C11H14N2OS. The van der Waals surface area contributed by atoms with E-state index in [1.165, 1.54) is 0 Å². The van der Waals surface area contributed by atoms with Gasteiger partial charge in [-0.15, -0.1) is 11.0 Å². The maximum atomic E-state index is 11.8. The Bertz CT molecular complexity index is 418. The van der Waals surface area contributed by atoms with Crippen LogP contribution in [0.3, 0.4) is 0 Å². The smallest absolute Gasteiger partial charge is 0.188 e. The number of hydrogen-bond acceptors (Lipinski definition) is 4. The molecule has 15 heavy (non-hydrogen) atoms. The minimum atomic E-state index is -0.141. The minimum absolute atomic E-state index is 0.0178. The van der Waals surface area contributed by atoms with Crippen LogP contribution >= 0.6 is 11.5 Å². The second-order valence-corrected chi connectivity index (χ2v) is 4.98. The van der Waals surface area contributed by atoms with E-state index in [-0.39, 0.29) is 17.6 Å². The van der Waals surface area contributed by atoms with Gasteiger partial charge in [0.05, 0.1) is 12.1 Å². The number of Topliss-reactive ketones (excluding diaryl/α,β-unsaturated/α-hetero) is 1. The van der Waals surface area contributed by atoms with Crippen LogP contribution in [0.15, 0.2) is 0 Å². The van der Waals surface area contributed by atoms with E-state index in [0.717, 1.165) is 17.2 Å². The predicted molar refractivity (Wildman–Crippen MR) is 61.0 cm³/mol. The van der Waals surface area contributed by atoms with Crippen LogP contribution < -0.4 is 0 Å². The van der Waals surface area contributed by atoms with Gasteiger partial charge in [-0.25, -0.2) is 0 Å². The predicted octanol–water partition coefficient (Wildman–Crippen LogP) is 2.43. The highest BCUT2D eigenvalue weighted by Gasteiger charge is 2.25. The highest BCUT2D eigenvalue weighted by atomic mass is 32.1. The van der Waals surface area contributed by atoms with Gasteiger partial charge >= 0.3 is 0 Å². The molecule has 0 aromatic carbocycles. The maximum Gasteiger partial charge on any atom is 0.188 e. The van der Waals surface area contributed by atoms with Gasteiger partial charge in [0.2, 0.25) is 0 Å². The molecule has 0 amide bonds. The van der Waals surface area contributed by atoms with Crippen LogP contribution in [0.1, 0.15) is 49.5 Å². The molecule has 0 atom stereocenters. The van der Waals surface area contributed by atoms with E-state index in [9.17, 15) is 4.79 Å². The van der Waals surface area contributed by atoms with Crippen molar-refractivity contribution in [2.75, 3.05) is 0 Å². The number of hydrogen-bond donors (Lipinski definition) is 0. The number of ketones is 1. The van der Waals surface area contributed by atoms with Crippen LogP contribution in [0.5, 0.6) is 0 Å². The van der Waals surface area contributed by atoms with Crippen molar-refractivity contribution in [2.45, 2.75) is 39.5 Å². The monoisotopic (exact) mass is 222 g/mol. The fourth-order valence-electron chi connectivity index (χ4n) is 1.11. The Balaban J connectivity index is 2.99. The van der Waals surface area contributed by atoms with E-state index in [4.69, 9.17) is 0 Å². The van der Waals surface area contributed by atoms with E-state index in [2.05, 4.69) is 21.4 Å². The SMILES string of the molecule is CC#CCC(=O)c1snnc1C(C)(C)C. The molecule has 0 bridgehead atoms. The first kappa shape index (κ1) is 11.9. The Hall–Kier alpha value is -1.21. The van der Waals surface area contributed by atoms with Crippen molar-refractivity contribution in [3.63, 3.8) is 0 Å². The molecular weight excluding hydrogens is 208 g/mol. The quantitative estimate of drug-likeness (QED) is 0.570. The van der Waals surface area contributed by atoms with Gasteiger partial charge < -0.3 is 0 Å². The van der Waals surface area contributed by atoms with Gasteiger partial charge in [-0.05, 0) is 18.5 Å². The number of carbonyl (C=O) groups is 1. The standard InChI is InChI=1S/C11H14N2OS/c1-5-6-7-8(14)9-10(11(2,3)4)12-13-15-9/h7H2,1-4H3. The molecule has 0 N–H and O–H groups in total. The highest BCUT2D eigenvalue weighted by molar-refractivity contribution is 7.08. The van der Waals surface area contributed by atoms with Crippen LogP contribution in [-0.4, -0.2) is 15.4 Å². The minimum Gasteiger partial charge on any atom is -0.292 e. The zero-order valence-corrected chi connectivity index (χ0v) is 10.2. The molecule has 0 spiro atoms. The fourth-order valence-corrected chi connectivity index (χ4v) is 1.92. The van der Waals surface area contributed by atoms with E-state index in [0.29, 0.717) is 4.88 Å². The lowest BCUT2D eigenvalue weighted by Crippen LogP contribution is -2.16. The molecule has 3 nitrogen and oxygen atoms in total. The average Bonchev–Trinajstić information content (AvgIpc) is 2.61. The van der Waals surface area contributed by atoms with Crippen LogP contribution in [0.2, 0.25) is 0 Å². The summed E-state index contributed by atoms with van der Waals surface area (Å²) in [5.74, 6) is 5.50. The Kier molecular flexibility index (Phi) is 3.59. The topological polar surface area (TPSA) is 42.9 Å². The summed E-state index contributed by atoms with van der Waals surface area (Å²) in [5, 5.41) is 4.02. The Labute approximate surface area is 94.1 Å². The lowest BCUT2D eigenvalue weighted by atomic mass is 9.90. The summed E-state index contributed by atoms with van der Waals surface area (Å²) in [6.07, 6.45) is 0.253. The van der Waals surface area contributed by atoms with Crippen molar-refractivity contribution in [3.8, 4) is 11.8 Å². The number of aromatic nitrogens is 2. The van der Waals surface area contributed by atoms with E-state index in [1.807, 2.05) is 20.8 Å². The third-order valence-corrected chi connectivity index (χ3v) is 2.64. The first-order valence-electron chi connectivity index (χ1n) is 4.72. The van der Waals surface area contributed by atoms with E-state index < -0.39 is 0 Å². The molecule has 0 aliphatic heterocycles. The molecule has 4 heteroatoms. The third kappa shape index (κ3) is 2.87. The maximum absolute atomic E-state index is 11.8. The van der Waals surface area contributed by atoms with E-state index >= 15 is 0 Å². The zero-order chi connectivity index (χ0) is 11.5. The lowest BCUT2D eigenvalue weighted by Gasteiger charge is -2.15. The van der Waals surface area contributed by atoms with E-state index in [1.54, 1.807) is 6.92 Å². The number of nitrogens with zero attached hydrogens (tertiary/aromatic N) is 2. The van der Waals surface area contributed by atoms with Crippen molar-refractivity contribution in [2.24, 2.45) is 0 Å². The highest BCUT2D eigenvalue weighted by Crippen LogP contribution is 2.26. The molecule has 0 aliphatic rings. The van der Waals surface area contributed by atoms with Crippen molar-refractivity contribution in [3.05, 3.63) is 10.6 Å². The van der Waals surface area contributed by atoms with Crippen molar-refractivity contribution < 1.29 is 4.79 Å². The van der Waals surface area contributed by atoms with Crippen LogP contribution in [0.25, 0.3) is 0 Å². The number of rotatable bonds is 2. The van der Waals surface area contributed by atoms with Crippen molar-refractivity contribution in [1.82, 2.24) is 9.59 Å². The van der Waals surface area contributed by atoms with Crippen LogP contribution in [0, 0.1) is 11.8 Å².